The largest absolute Gasteiger partial charge is 0.493 e. The summed E-state index contributed by atoms with van der Waals surface area (Å²) in [7, 11) is 0. The van der Waals surface area contributed by atoms with Crippen molar-refractivity contribution in [3.63, 3.8) is 0 Å². The van der Waals surface area contributed by atoms with Crippen LogP contribution in [0.4, 0.5) is 0 Å². The second-order valence-corrected chi connectivity index (χ2v) is 14.5. The van der Waals surface area contributed by atoms with Gasteiger partial charge in [-0.25, -0.2) is 0 Å². The van der Waals surface area contributed by atoms with Gasteiger partial charge in [0.05, 0.1) is 47.9 Å². The molecule has 0 aliphatic carbocycles. The van der Waals surface area contributed by atoms with E-state index in [1.54, 1.807) is 24.4 Å². The molecule has 13 heteroatoms. The van der Waals surface area contributed by atoms with Crippen LogP contribution in [0.1, 0.15) is 58.2 Å². The van der Waals surface area contributed by atoms with Crippen LogP contribution in [0.25, 0.3) is 22.3 Å². The molecule has 59 heavy (non-hydrogen) atoms. The summed E-state index contributed by atoms with van der Waals surface area (Å²) in [5.41, 5.74) is 10.0. The van der Waals surface area contributed by atoms with Gasteiger partial charge in [0.1, 0.15) is 42.4 Å². The summed E-state index contributed by atoms with van der Waals surface area (Å²) in [4.78, 5) is 19.7. The van der Waals surface area contributed by atoms with E-state index in [4.69, 9.17) is 36.2 Å². The zero-order chi connectivity index (χ0) is 41.7. The minimum atomic E-state index is -1.09. The number of nitrogens with one attached hydrogen (secondary N) is 2. The summed E-state index contributed by atoms with van der Waals surface area (Å²) in [5, 5.41) is 44.2. The molecule has 6 rings (SSSR count). The molecule has 0 amide bonds. The number of aliphatic imine (C=N–C) groups is 1. The summed E-state index contributed by atoms with van der Waals surface area (Å²) in [6.07, 6.45) is 2.70. The predicted molar refractivity (Wildman–Crippen MR) is 226 cm³/mol. The Labute approximate surface area is 348 Å². The van der Waals surface area contributed by atoms with Gasteiger partial charge in [0.25, 0.3) is 0 Å². The second-order valence-electron chi connectivity index (χ2n) is 14.1. The molecule has 2 heterocycles. The minimum absolute atomic E-state index is 0.0492. The number of aromatic nitrogens is 1. The molecule has 12 nitrogen and oxygen atoms in total. The van der Waals surface area contributed by atoms with Gasteiger partial charge < -0.3 is 35.1 Å². The molecule has 1 atom stereocenters. The van der Waals surface area contributed by atoms with Crippen molar-refractivity contribution in [3.8, 4) is 51.6 Å². The number of benzene rings is 4. The van der Waals surface area contributed by atoms with E-state index in [0.29, 0.717) is 59.2 Å². The fourth-order valence-corrected chi connectivity index (χ4v) is 7.08. The maximum atomic E-state index is 11.0. The number of carbonyl (C=O) groups is 1. The second kappa shape index (κ2) is 20.3. The van der Waals surface area contributed by atoms with Crippen molar-refractivity contribution in [2.75, 3.05) is 26.2 Å². The van der Waals surface area contributed by atoms with Gasteiger partial charge in [-0.15, -0.1) is 0 Å². The topological polar surface area (TPSA) is 182 Å². The van der Waals surface area contributed by atoms with Gasteiger partial charge in [-0.1, -0.05) is 54.1 Å². The van der Waals surface area contributed by atoms with E-state index in [1.165, 1.54) is 6.20 Å². The zero-order valence-corrected chi connectivity index (χ0v) is 33.7. The number of carboxylic acids is 1. The van der Waals surface area contributed by atoms with Crippen LogP contribution in [0, 0.1) is 36.5 Å². The average molecular weight is 813 g/mol. The van der Waals surface area contributed by atoms with Gasteiger partial charge in [0, 0.05) is 55.6 Å². The molecule has 302 valence electrons. The first kappa shape index (κ1) is 42.2. The summed E-state index contributed by atoms with van der Waals surface area (Å²) in [6, 6.07) is 28.0. The van der Waals surface area contributed by atoms with Crippen LogP contribution in [0.2, 0.25) is 5.02 Å². The first-order valence-corrected chi connectivity index (χ1v) is 19.7. The molecule has 5 aromatic rings. The summed E-state index contributed by atoms with van der Waals surface area (Å²) >= 11 is 6.78. The Bertz CT molecular complexity index is 2420. The number of hydrogen-bond acceptors (Lipinski definition) is 11. The SMILES string of the molecule is Cc1c(COc2cc(OCc3cncc(C#N)c3)c(CNC[C@@H](O)CC(=O)O)cc2Cl)cccc1-c1cccc(-c2ccc(C3=NCCN3)c(OCCCC#N)c2)c1C. The minimum Gasteiger partial charge on any atom is -0.493 e. The third-order valence-electron chi connectivity index (χ3n) is 9.90. The van der Waals surface area contributed by atoms with E-state index in [1.807, 2.05) is 18.2 Å². The van der Waals surface area contributed by atoms with Crippen LogP contribution in [0.5, 0.6) is 17.2 Å². The molecule has 0 radical (unpaired) electrons. The van der Waals surface area contributed by atoms with Crippen LogP contribution < -0.4 is 24.8 Å². The molecular weight excluding hydrogens is 768 g/mol. The lowest BCUT2D eigenvalue weighted by molar-refractivity contribution is -0.139. The van der Waals surface area contributed by atoms with Crippen LogP contribution in [0.3, 0.4) is 0 Å². The molecule has 4 N–H and O–H groups in total. The van der Waals surface area contributed by atoms with Crippen molar-refractivity contribution in [2.24, 2.45) is 4.99 Å². The number of unbranched alkanes of at least 4 members (excludes halogenated alkanes) is 1. The lowest BCUT2D eigenvalue weighted by atomic mass is 9.89. The smallest absolute Gasteiger partial charge is 0.306 e. The van der Waals surface area contributed by atoms with E-state index in [0.717, 1.165) is 62.6 Å². The Balaban J connectivity index is 1.23. The number of aliphatic hydroxyl groups is 1. The monoisotopic (exact) mass is 812 g/mol. The van der Waals surface area contributed by atoms with E-state index >= 15 is 0 Å². The fourth-order valence-electron chi connectivity index (χ4n) is 6.84. The van der Waals surface area contributed by atoms with Crippen molar-refractivity contribution in [2.45, 2.75) is 59.0 Å². The molecule has 0 fully saturated rings. The highest BCUT2D eigenvalue weighted by molar-refractivity contribution is 6.32. The lowest BCUT2D eigenvalue weighted by Crippen LogP contribution is -2.28. The van der Waals surface area contributed by atoms with E-state index < -0.39 is 12.1 Å². The van der Waals surface area contributed by atoms with Gasteiger partial charge in [0.15, 0.2) is 0 Å². The fraction of sp³-hybridized carbons (Fsp3) is 0.283. The molecular formula is C46H45ClN6O6. The van der Waals surface area contributed by atoms with E-state index in [-0.39, 0.29) is 32.7 Å². The molecule has 0 spiro atoms. The van der Waals surface area contributed by atoms with E-state index in [9.17, 15) is 15.2 Å². The number of halogens is 1. The van der Waals surface area contributed by atoms with Gasteiger partial charge in [0.2, 0.25) is 0 Å². The molecule has 0 bridgehead atoms. The number of aliphatic carboxylic acids is 1. The number of rotatable bonds is 19. The normalized spacial score (nSPS) is 12.5. The Hall–Kier alpha value is -6.44. The highest BCUT2D eigenvalue weighted by Gasteiger charge is 2.19. The average Bonchev–Trinajstić information content (AvgIpc) is 3.77. The summed E-state index contributed by atoms with van der Waals surface area (Å²) in [5.74, 6) is 1.31. The zero-order valence-electron chi connectivity index (χ0n) is 32.9. The number of nitrogens with zero attached hydrogens (tertiary/aromatic N) is 4. The first-order valence-electron chi connectivity index (χ1n) is 19.3. The Kier molecular flexibility index (Phi) is 14.5. The van der Waals surface area contributed by atoms with Gasteiger partial charge in [-0.2, -0.15) is 10.5 Å². The van der Waals surface area contributed by atoms with Crippen LogP contribution in [-0.2, 0) is 24.6 Å². The molecule has 4 aromatic carbocycles. The molecule has 0 saturated carbocycles. The number of aliphatic hydroxyl groups excluding tert-OH is 1. The van der Waals surface area contributed by atoms with Gasteiger partial charge in [-0.05, 0) is 83.5 Å². The number of pyridine rings is 1. The Morgan fingerprint density at radius 3 is 2.44 bits per heavy atom. The highest BCUT2D eigenvalue weighted by atomic mass is 35.5. The molecule has 1 aliphatic rings. The number of carboxylic acid groups (broad SMARTS) is 1. The predicted octanol–water partition coefficient (Wildman–Crippen LogP) is 7.67. The molecule has 1 aromatic heterocycles. The Morgan fingerprint density at radius 2 is 1.68 bits per heavy atom. The van der Waals surface area contributed by atoms with Crippen molar-refractivity contribution >= 4 is 23.4 Å². The molecule has 1 aliphatic heterocycles. The maximum absolute atomic E-state index is 11.0. The standard InChI is InChI=1S/C46H45ClN6O6/c1-29-34(28-59-44-21-42(58-27-32-17-31(22-49)23-50-24-32)35(18-41(44)47)25-51-26-36(54)20-45(55)56)7-5-9-38(29)39-10-6-8-37(30(39)2)33-11-12-40(46-52-14-15-53-46)43(19-33)57-16-4-3-13-48/h5-12,17-19,21,23-24,36,51,54H,3-4,14-16,20,25-28H2,1-2H3,(H,52,53)(H,55,56)/t36-/m0/s1. The van der Waals surface area contributed by atoms with Crippen molar-refractivity contribution < 1.29 is 29.2 Å². The van der Waals surface area contributed by atoms with Crippen LogP contribution in [0.15, 0.2) is 90.2 Å². The van der Waals surface area contributed by atoms with Crippen molar-refractivity contribution in [1.82, 2.24) is 15.6 Å². The maximum Gasteiger partial charge on any atom is 0.306 e. The van der Waals surface area contributed by atoms with Crippen LogP contribution in [-0.4, -0.2) is 59.3 Å². The van der Waals surface area contributed by atoms with Crippen molar-refractivity contribution in [3.05, 3.63) is 129 Å². The first-order chi connectivity index (χ1) is 28.6. The molecule has 0 unspecified atom stereocenters. The quantitative estimate of drug-likeness (QED) is 0.0601. The number of nitriles is 2. The van der Waals surface area contributed by atoms with Crippen molar-refractivity contribution in [1.29, 1.82) is 10.5 Å². The number of amidine groups is 1. The summed E-state index contributed by atoms with van der Waals surface area (Å²) < 4.78 is 18.8. The third kappa shape index (κ3) is 10.9. The van der Waals surface area contributed by atoms with Gasteiger partial charge in [-0.3, -0.25) is 14.8 Å². The summed E-state index contributed by atoms with van der Waals surface area (Å²) in [6.45, 7) is 6.74. The van der Waals surface area contributed by atoms with E-state index in [2.05, 4.69) is 83.0 Å². The highest BCUT2D eigenvalue weighted by Crippen LogP contribution is 2.38. The lowest BCUT2D eigenvalue weighted by Gasteiger charge is -2.19. The molecule has 0 saturated heterocycles. The van der Waals surface area contributed by atoms with Crippen LogP contribution >= 0.6 is 11.6 Å². The number of ether oxygens (including phenoxy) is 3. The van der Waals surface area contributed by atoms with Gasteiger partial charge >= 0.3 is 5.97 Å². The third-order valence-corrected chi connectivity index (χ3v) is 10.2. The number of hydrogen-bond donors (Lipinski definition) is 4. The Morgan fingerprint density at radius 1 is 0.898 bits per heavy atom.